The van der Waals surface area contributed by atoms with Gasteiger partial charge >= 0.3 is 0 Å². The molecule has 0 saturated carbocycles. The zero-order valence-electron chi connectivity index (χ0n) is 9.47. The third kappa shape index (κ3) is 4.64. The Morgan fingerprint density at radius 1 is 1.53 bits per heavy atom. The molecule has 1 rings (SSSR count). The van der Waals surface area contributed by atoms with Crippen LogP contribution in [0.5, 0.6) is 0 Å². The molecule has 0 spiro atoms. The van der Waals surface area contributed by atoms with Crippen molar-refractivity contribution in [3.05, 3.63) is 34.1 Å². The van der Waals surface area contributed by atoms with E-state index in [-0.39, 0.29) is 11.9 Å². The molecular formula is C12H14BrClFNO. The van der Waals surface area contributed by atoms with Crippen LogP contribution in [0.15, 0.2) is 22.7 Å². The van der Waals surface area contributed by atoms with E-state index in [1.54, 1.807) is 6.07 Å². The van der Waals surface area contributed by atoms with Crippen molar-refractivity contribution in [2.75, 3.05) is 5.88 Å². The van der Waals surface area contributed by atoms with E-state index in [4.69, 9.17) is 11.6 Å². The SMILES string of the molecule is CCC(CCCl)NC(=O)c1cc(F)cc(Br)c1. The van der Waals surface area contributed by atoms with Crippen LogP contribution in [0.4, 0.5) is 4.39 Å². The van der Waals surface area contributed by atoms with Crippen molar-refractivity contribution in [2.45, 2.75) is 25.8 Å². The molecule has 0 heterocycles. The van der Waals surface area contributed by atoms with Gasteiger partial charge in [0.15, 0.2) is 0 Å². The summed E-state index contributed by atoms with van der Waals surface area (Å²) in [5.74, 6) is -0.219. The van der Waals surface area contributed by atoms with Crippen molar-refractivity contribution >= 4 is 33.4 Å². The summed E-state index contributed by atoms with van der Waals surface area (Å²) in [6, 6.07) is 4.15. The first-order valence-corrected chi connectivity index (χ1v) is 6.72. The van der Waals surface area contributed by atoms with E-state index in [0.717, 1.165) is 6.42 Å². The molecule has 0 aliphatic rings. The summed E-state index contributed by atoms with van der Waals surface area (Å²) in [7, 11) is 0. The van der Waals surface area contributed by atoms with Gasteiger partial charge in [0.1, 0.15) is 5.82 Å². The summed E-state index contributed by atoms with van der Waals surface area (Å²) >= 11 is 8.79. The highest BCUT2D eigenvalue weighted by Gasteiger charge is 2.13. The smallest absolute Gasteiger partial charge is 0.251 e. The monoisotopic (exact) mass is 321 g/mol. The molecule has 2 nitrogen and oxygen atoms in total. The van der Waals surface area contributed by atoms with Gasteiger partial charge in [-0.25, -0.2) is 4.39 Å². The Hall–Kier alpha value is -0.610. The van der Waals surface area contributed by atoms with Crippen LogP contribution in [0.1, 0.15) is 30.1 Å². The van der Waals surface area contributed by atoms with Crippen LogP contribution in [-0.2, 0) is 0 Å². The van der Waals surface area contributed by atoms with Crippen molar-refractivity contribution in [2.24, 2.45) is 0 Å². The molecule has 0 aliphatic carbocycles. The minimum absolute atomic E-state index is 0.0297. The van der Waals surface area contributed by atoms with E-state index >= 15 is 0 Å². The summed E-state index contributed by atoms with van der Waals surface area (Å²) in [5, 5.41) is 2.83. The first-order valence-electron chi connectivity index (χ1n) is 5.39. The van der Waals surface area contributed by atoms with E-state index in [1.807, 2.05) is 6.92 Å². The predicted octanol–water partition coefficient (Wildman–Crippen LogP) is 3.73. The Labute approximate surface area is 114 Å². The molecule has 0 aromatic heterocycles. The molecule has 1 N–H and O–H groups in total. The van der Waals surface area contributed by atoms with Gasteiger partial charge in [0.25, 0.3) is 5.91 Å². The summed E-state index contributed by atoms with van der Waals surface area (Å²) in [5.41, 5.74) is 0.310. The van der Waals surface area contributed by atoms with Crippen molar-refractivity contribution in [1.82, 2.24) is 5.32 Å². The van der Waals surface area contributed by atoms with Crippen LogP contribution < -0.4 is 5.32 Å². The number of benzene rings is 1. The number of halogens is 3. The van der Waals surface area contributed by atoms with E-state index in [1.165, 1.54) is 12.1 Å². The fourth-order valence-electron chi connectivity index (χ4n) is 1.46. The Balaban J connectivity index is 2.75. The fourth-order valence-corrected chi connectivity index (χ4v) is 2.19. The maximum absolute atomic E-state index is 13.1. The molecule has 1 aromatic carbocycles. The minimum Gasteiger partial charge on any atom is -0.349 e. The highest BCUT2D eigenvalue weighted by atomic mass is 79.9. The molecule has 0 radical (unpaired) electrons. The first kappa shape index (κ1) is 14.5. The number of carbonyl (C=O) groups excluding carboxylic acids is 1. The number of nitrogens with one attached hydrogen (secondary N) is 1. The van der Waals surface area contributed by atoms with Gasteiger partial charge < -0.3 is 5.32 Å². The second kappa shape index (κ2) is 6.97. The number of alkyl halides is 1. The maximum atomic E-state index is 13.1. The summed E-state index contributed by atoms with van der Waals surface area (Å²) in [4.78, 5) is 11.9. The molecule has 1 unspecified atom stereocenters. The van der Waals surface area contributed by atoms with Crippen LogP contribution >= 0.6 is 27.5 Å². The molecular weight excluding hydrogens is 308 g/mol. The van der Waals surface area contributed by atoms with Gasteiger partial charge in [-0.05, 0) is 31.0 Å². The number of carbonyl (C=O) groups is 1. The third-order valence-electron chi connectivity index (χ3n) is 2.41. The molecule has 1 amide bonds. The van der Waals surface area contributed by atoms with Crippen molar-refractivity contribution in [3.8, 4) is 0 Å². The van der Waals surface area contributed by atoms with Gasteiger partial charge in [-0.2, -0.15) is 0 Å². The number of amides is 1. The normalized spacial score (nSPS) is 12.2. The number of hydrogen-bond acceptors (Lipinski definition) is 1. The van der Waals surface area contributed by atoms with E-state index < -0.39 is 5.82 Å². The fraction of sp³-hybridized carbons (Fsp3) is 0.417. The lowest BCUT2D eigenvalue weighted by Gasteiger charge is -2.15. The second-order valence-corrected chi connectivity index (χ2v) is 5.01. The lowest BCUT2D eigenvalue weighted by molar-refractivity contribution is 0.0934. The second-order valence-electron chi connectivity index (χ2n) is 3.71. The Kier molecular flexibility index (Phi) is 5.92. The van der Waals surface area contributed by atoms with Crippen molar-refractivity contribution in [3.63, 3.8) is 0 Å². The van der Waals surface area contributed by atoms with Crippen LogP contribution in [0, 0.1) is 5.82 Å². The quantitative estimate of drug-likeness (QED) is 0.822. The van der Waals surface area contributed by atoms with Crippen LogP contribution in [0.3, 0.4) is 0 Å². The van der Waals surface area contributed by atoms with Gasteiger partial charge in [0.2, 0.25) is 0 Å². The minimum atomic E-state index is -0.435. The van der Waals surface area contributed by atoms with E-state index in [2.05, 4.69) is 21.2 Å². The van der Waals surface area contributed by atoms with Gasteiger partial charge in [0.05, 0.1) is 0 Å². The van der Waals surface area contributed by atoms with E-state index in [9.17, 15) is 9.18 Å². The van der Waals surface area contributed by atoms with Crippen LogP contribution in [0.2, 0.25) is 0 Å². The highest BCUT2D eigenvalue weighted by Crippen LogP contribution is 2.15. The van der Waals surface area contributed by atoms with Crippen molar-refractivity contribution in [1.29, 1.82) is 0 Å². The molecule has 17 heavy (non-hydrogen) atoms. The van der Waals surface area contributed by atoms with Gasteiger partial charge in [-0.15, -0.1) is 11.6 Å². The summed E-state index contributed by atoms with van der Waals surface area (Å²) < 4.78 is 13.7. The molecule has 5 heteroatoms. The largest absolute Gasteiger partial charge is 0.349 e. The van der Waals surface area contributed by atoms with Crippen molar-refractivity contribution < 1.29 is 9.18 Å². The predicted molar refractivity (Wildman–Crippen MR) is 71.0 cm³/mol. The molecule has 94 valence electrons. The maximum Gasteiger partial charge on any atom is 0.251 e. The molecule has 0 aliphatic heterocycles. The lowest BCUT2D eigenvalue weighted by Crippen LogP contribution is -2.34. The van der Waals surface area contributed by atoms with Gasteiger partial charge in [0, 0.05) is 22.0 Å². The van der Waals surface area contributed by atoms with E-state index in [0.29, 0.717) is 22.3 Å². The zero-order chi connectivity index (χ0) is 12.8. The molecule has 0 saturated heterocycles. The number of hydrogen-bond donors (Lipinski definition) is 1. The first-order chi connectivity index (χ1) is 8.06. The molecule has 1 aromatic rings. The molecule has 0 fully saturated rings. The molecule has 1 atom stereocenters. The lowest BCUT2D eigenvalue weighted by atomic mass is 10.1. The standard InChI is InChI=1S/C12H14BrClFNO/c1-2-11(3-4-14)16-12(17)8-5-9(13)7-10(15)6-8/h5-7,11H,2-4H2,1H3,(H,16,17). The van der Waals surface area contributed by atoms with Crippen LogP contribution in [0.25, 0.3) is 0 Å². The average molecular weight is 323 g/mol. The third-order valence-corrected chi connectivity index (χ3v) is 3.09. The summed E-state index contributed by atoms with van der Waals surface area (Å²) in [6.45, 7) is 1.97. The topological polar surface area (TPSA) is 29.1 Å². The van der Waals surface area contributed by atoms with Gasteiger partial charge in [-0.3, -0.25) is 4.79 Å². The summed E-state index contributed by atoms with van der Waals surface area (Å²) in [6.07, 6.45) is 1.51. The van der Waals surface area contributed by atoms with Gasteiger partial charge in [-0.1, -0.05) is 22.9 Å². The highest BCUT2D eigenvalue weighted by molar-refractivity contribution is 9.10. The number of rotatable bonds is 5. The Morgan fingerprint density at radius 2 is 2.24 bits per heavy atom. The Bertz CT molecular complexity index is 380. The Morgan fingerprint density at radius 3 is 2.76 bits per heavy atom. The molecule has 0 bridgehead atoms. The average Bonchev–Trinajstić information content (AvgIpc) is 2.27. The van der Waals surface area contributed by atoms with Crippen LogP contribution in [-0.4, -0.2) is 17.8 Å². The zero-order valence-corrected chi connectivity index (χ0v) is 11.8.